The molecule has 3 nitrogen and oxygen atoms in total. The van der Waals surface area contributed by atoms with E-state index in [0.717, 1.165) is 31.4 Å². The number of nitrogens with two attached hydrogens (primary N) is 1. The largest absolute Gasteiger partial charge is 0.456 e. The van der Waals surface area contributed by atoms with Crippen LogP contribution in [-0.4, -0.2) is 12.3 Å². The third-order valence-electron chi connectivity index (χ3n) is 2.37. The average Bonchev–Trinajstić information content (AvgIpc) is 2.59. The fourth-order valence-corrected chi connectivity index (χ4v) is 1.44. The van der Waals surface area contributed by atoms with Crippen LogP contribution in [0.2, 0.25) is 0 Å². The van der Waals surface area contributed by atoms with Gasteiger partial charge in [-0.05, 0) is 6.42 Å². The summed E-state index contributed by atoms with van der Waals surface area (Å²) in [7, 11) is 0. The summed E-state index contributed by atoms with van der Waals surface area (Å²) in [5, 5.41) is 0. The lowest BCUT2D eigenvalue weighted by Crippen LogP contribution is -2.30. The van der Waals surface area contributed by atoms with E-state index in [1.165, 1.54) is 0 Å². The first-order chi connectivity index (χ1) is 6.26. The Morgan fingerprint density at radius 2 is 2.23 bits per heavy atom. The Kier molecular flexibility index (Phi) is 3.60. The van der Waals surface area contributed by atoms with Crippen molar-refractivity contribution >= 4 is 0 Å². The maximum atomic E-state index is 5.66. The summed E-state index contributed by atoms with van der Waals surface area (Å²) in [5.74, 6) is 0.350. The lowest BCUT2D eigenvalue weighted by Gasteiger charge is -2.27. The topological polar surface area (TPSA) is 44.5 Å². The second-order valence-corrected chi connectivity index (χ2v) is 3.38. The molecule has 0 aromatic heterocycles. The molecule has 3 heteroatoms. The van der Waals surface area contributed by atoms with Gasteiger partial charge in [0.1, 0.15) is 12.0 Å². The van der Waals surface area contributed by atoms with Crippen LogP contribution < -0.4 is 5.73 Å². The Balaban J connectivity index is 2.46. The van der Waals surface area contributed by atoms with E-state index in [0.29, 0.717) is 6.54 Å². The molecule has 2 N–H and O–H groups in total. The van der Waals surface area contributed by atoms with Crippen LogP contribution >= 0.6 is 0 Å². The average molecular weight is 185 g/mol. The van der Waals surface area contributed by atoms with Crippen LogP contribution in [0.1, 0.15) is 39.5 Å². The number of hydrogen-bond acceptors (Lipinski definition) is 3. The van der Waals surface area contributed by atoms with Crippen LogP contribution in [0.4, 0.5) is 0 Å². The van der Waals surface area contributed by atoms with E-state index in [1.807, 2.05) is 0 Å². The monoisotopic (exact) mass is 185 g/mol. The molecule has 1 aliphatic heterocycles. The molecule has 1 aliphatic rings. The highest BCUT2D eigenvalue weighted by Gasteiger charge is 2.35. The van der Waals surface area contributed by atoms with Gasteiger partial charge in [-0.25, -0.2) is 0 Å². The third kappa shape index (κ3) is 2.37. The first kappa shape index (κ1) is 10.4. The van der Waals surface area contributed by atoms with Crippen molar-refractivity contribution in [3.63, 3.8) is 0 Å². The first-order valence-corrected chi connectivity index (χ1v) is 5.02. The van der Waals surface area contributed by atoms with Gasteiger partial charge in [0.25, 0.3) is 0 Å². The molecule has 0 saturated carbocycles. The molecule has 1 heterocycles. The standard InChI is InChI=1S/C10H19NO2/c1-3-5-6-10(4-2)12-8-9(7-11)13-10/h8H,3-7,11H2,1-2H3. The Bertz CT molecular complexity index is 191. The maximum absolute atomic E-state index is 5.66. The lowest BCUT2D eigenvalue weighted by molar-refractivity contribution is -0.156. The first-order valence-electron chi connectivity index (χ1n) is 5.02. The fourth-order valence-electron chi connectivity index (χ4n) is 1.44. The Labute approximate surface area is 79.9 Å². The van der Waals surface area contributed by atoms with Crippen molar-refractivity contribution in [1.29, 1.82) is 0 Å². The molecule has 1 rings (SSSR count). The van der Waals surface area contributed by atoms with Gasteiger partial charge < -0.3 is 15.2 Å². The van der Waals surface area contributed by atoms with Gasteiger partial charge in [0.2, 0.25) is 5.79 Å². The molecule has 0 spiro atoms. The number of ether oxygens (including phenoxy) is 2. The van der Waals surface area contributed by atoms with Crippen molar-refractivity contribution in [2.24, 2.45) is 5.73 Å². The summed E-state index contributed by atoms with van der Waals surface area (Å²) in [6.45, 7) is 4.66. The molecule has 76 valence electrons. The predicted molar refractivity (Wildman–Crippen MR) is 51.9 cm³/mol. The van der Waals surface area contributed by atoms with Crippen molar-refractivity contribution in [3.8, 4) is 0 Å². The predicted octanol–water partition coefficient (Wildman–Crippen LogP) is 2.13. The van der Waals surface area contributed by atoms with Crippen molar-refractivity contribution in [2.75, 3.05) is 6.54 Å². The molecule has 0 aromatic rings. The van der Waals surface area contributed by atoms with E-state index in [4.69, 9.17) is 15.2 Å². The fraction of sp³-hybridized carbons (Fsp3) is 0.800. The van der Waals surface area contributed by atoms with Gasteiger partial charge in [-0.3, -0.25) is 0 Å². The molecule has 1 unspecified atom stereocenters. The minimum Gasteiger partial charge on any atom is -0.456 e. The summed E-state index contributed by atoms with van der Waals surface area (Å²) in [6.07, 6.45) is 5.75. The minimum absolute atomic E-state index is 0.412. The van der Waals surface area contributed by atoms with Crippen LogP contribution in [0.15, 0.2) is 12.0 Å². The minimum atomic E-state index is -0.412. The normalized spacial score (nSPS) is 26.5. The van der Waals surface area contributed by atoms with Crippen molar-refractivity contribution in [2.45, 2.75) is 45.3 Å². The second-order valence-electron chi connectivity index (χ2n) is 3.38. The molecular weight excluding hydrogens is 166 g/mol. The lowest BCUT2D eigenvalue weighted by atomic mass is 10.1. The van der Waals surface area contributed by atoms with E-state index < -0.39 is 5.79 Å². The number of unbranched alkanes of at least 4 members (excludes halogenated alkanes) is 1. The Morgan fingerprint density at radius 3 is 2.69 bits per heavy atom. The van der Waals surface area contributed by atoms with E-state index in [2.05, 4.69) is 13.8 Å². The zero-order chi connectivity index (χ0) is 9.73. The molecule has 0 aromatic carbocycles. The van der Waals surface area contributed by atoms with E-state index in [9.17, 15) is 0 Å². The molecule has 0 radical (unpaired) electrons. The quantitative estimate of drug-likeness (QED) is 0.713. The highest BCUT2D eigenvalue weighted by molar-refractivity contribution is 4.98. The molecule has 0 fully saturated rings. The van der Waals surface area contributed by atoms with Crippen LogP contribution in [0.3, 0.4) is 0 Å². The highest BCUT2D eigenvalue weighted by Crippen LogP contribution is 2.32. The maximum Gasteiger partial charge on any atom is 0.250 e. The summed E-state index contributed by atoms with van der Waals surface area (Å²) in [4.78, 5) is 0. The van der Waals surface area contributed by atoms with Gasteiger partial charge in [0.05, 0.1) is 6.54 Å². The van der Waals surface area contributed by atoms with Crippen LogP contribution in [0.5, 0.6) is 0 Å². The zero-order valence-corrected chi connectivity index (χ0v) is 8.51. The van der Waals surface area contributed by atoms with E-state index >= 15 is 0 Å². The van der Waals surface area contributed by atoms with Gasteiger partial charge >= 0.3 is 0 Å². The summed E-state index contributed by atoms with van der Waals surface area (Å²) < 4.78 is 11.2. The van der Waals surface area contributed by atoms with E-state index in [1.54, 1.807) is 6.26 Å². The SMILES string of the molecule is CCCCC1(CC)OC=C(CN)O1. The number of rotatable bonds is 5. The van der Waals surface area contributed by atoms with Crippen molar-refractivity contribution in [1.82, 2.24) is 0 Å². The van der Waals surface area contributed by atoms with Gasteiger partial charge in [-0.1, -0.05) is 20.3 Å². The summed E-state index contributed by atoms with van der Waals surface area (Å²) in [6, 6.07) is 0. The smallest absolute Gasteiger partial charge is 0.250 e. The molecule has 0 bridgehead atoms. The van der Waals surface area contributed by atoms with E-state index in [-0.39, 0.29) is 0 Å². The molecule has 13 heavy (non-hydrogen) atoms. The van der Waals surface area contributed by atoms with Gasteiger partial charge in [0, 0.05) is 12.8 Å². The van der Waals surface area contributed by atoms with Gasteiger partial charge in [-0.2, -0.15) is 0 Å². The Hall–Kier alpha value is -0.700. The highest BCUT2D eigenvalue weighted by atomic mass is 16.7. The molecule has 1 atom stereocenters. The third-order valence-corrected chi connectivity index (χ3v) is 2.37. The summed E-state index contributed by atoms with van der Waals surface area (Å²) >= 11 is 0. The van der Waals surface area contributed by atoms with Crippen LogP contribution in [0, 0.1) is 0 Å². The van der Waals surface area contributed by atoms with Crippen LogP contribution in [-0.2, 0) is 9.47 Å². The Morgan fingerprint density at radius 1 is 1.46 bits per heavy atom. The molecular formula is C10H19NO2. The van der Waals surface area contributed by atoms with Crippen molar-refractivity contribution in [3.05, 3.63) is 12.0 Å². The number of hydrogen-bond donors (Lipinski definition) is 1. The zero-order valence-electron chi connectivity index (χ0n) is 8.51. The van der Waals surface area contributed by atoms with Crippen LogP contribution in [0.25, 0.3) is 0 Å². The summed E-state index contributed by atoms with van der Waals surface area (Å²) in [5.41, 5.74) is 5.46. The van der Waals surface area contributed by atoms with Gasteiger partial charge in [-0.15, -0.1) is 0 Å². The molecule has 0 saturated heterocycles. The van der Waals surface area contributed by atoms with Gasteiger partial charge in [0.15, 0.2) is 0 Å². The van der Waals surface area contributed by atoms with Crippen molar-refractivity contribution < 1.29 is 9.47 Å². The second kappa shape index (κ2) is 4.51. The molecule has 0 amide bonds. The molecule has 0 aliphatic carbocycles.